The zero-order valence-corrected chi connectivity index (χ0v) is 11.8. The second-order valence-corrected chi connectivity index (χ2v) is 5.10. The van der Waals surface area contributed by atoms with Gasteiger partial charge in [-0.2, -0.15) is 0 Å². The first-order valence-electron chi connectivity index (χ1n) is 5.66. The van der Waals surface area contributed by atoms with Gasteiger partial charge in [-0.05, 0) is 65.3 Å². The van der Waals surface area contributed by atoms with Crippen molar-refractivity contribution in [3.63, 3.8) is 0 Å². The molecule has 0 saturated carbocycles. The number of rotatable bonds is 3. The fraction of sp³-hybridized carbons (Fsp3) is 0.214. The molecule has 0 aliphatic heterocycles. The Morgan fingerprint density at radius 2 is 2.06 bits per heavy atom. The van der Waals surface area contributed by atoms with Crippen molar-refractivity contribution in [3.05, 3.63) is 63.6 Å². The lowest BCUT2D eigenvalue weighted by molar-refractivity contribution is 0.612. The first-order valence-corrected chi connectivity index (χ1v) is 6.45. The van der Waals surface area contributed by atoms with E-state index in [0.29, 0.717) is 0 Å². The Kier molecular flexibility index (Phi) is 4.09. The Labute approximate surface area is 114 Å². The molecular formula is C14H14BrFN2. The molecule has 1 N–H and O–H groups in total. The van der Waals surface area contributed by atoms with Crippen molar-refractivity contribution in [2.45, 2.75) is 13.0 Å². The summed E-state index contributed by atoms with van der Waals surface area (Å²) in [6, 6.07) is 8.77. The van der Waals surface area contributed by atoms with Crippen molar-refractivity contribution in [2.75, 3.05) is 7.05 Å². The predicted octanol–water partition coefficient (Wildman–Crippen LogP) is 3.60. The quantitative estimate of drug-likeness (QED) is 0.937. The van der Waals surface area contributed by atoms with Crippen LogP contribution in [0.4, 0.5) is 4.39 Å². The summed E-state index contributed by atoms with van der Waals surface area (Å²) in [6.45, 7) is 1.88. The first-order chi connectivity index (χ1) is 8.60. The molecule has 1 aromatic heterocycles. The lowest BCUT2D eigenvalue weighted by atomic mass is 10.0. The largest absolute Gasteiger partial charge is 0.308 e. The molecule has 1 heterocycles. The Morgan fingerprint density at radius 3 is 2.61 bits per heavy atom. The number of hydrogen-bond donors (Lipinski definition) is 1. The van der Waals surface area contributed by atoms with Gasteiger partial charge in [0, 0.05) is 10.7 Å². The molecule has 2 rings (SSSR count). The molecule has 0 radical (unpaired) electrons. The summed E-state index contributed by atoms with van der Waals surface area (Å²) in [6.07, 6.45) is 1.74. The molecule has 0 amide bonds. The molecule has 0 saturated heterocycles. The highest BCUT2D eigenvalue weighted by Gasteiger charge is 2.14. The van der Waals surface area contributed by atoms with Crippen LogP contribution < -0.4 is 5.32 Å². The van der Waals surface area contributed by atoms with Crippen LogP contribution in [0.1, 0.15) is 22.9 Å². The summed E-state index contributed by atoms with van der Waals surface area (Å²) in [5.41, 5.74) is 2.65. The van der Waals surface area contributed by atoms with Crippen molar-refractivity contribution in [2.24, 2.45) is 0 Å². The molecule has 1 unspecified atom stereocenters. The van der Waals surface area contributed by atoms with E-state index in [9.17, 15) is 4.39 Å². The fourth-order valence-corrected chi connectivity index (χ4v) is 2.21. The topological polar surface area (TPSA) is 24.9 Å². The number of hydrogen-bond acceptors (Lipinski definition) is 2. The van der Waals surface area contributed by atoms with Crippen LogP contribution in [0, 0.1) is 12.7 Å². The minimum absolute atomic E-state index is 0.104. The van der Waals surface area contributed by atoms with Crippen LogP contribution in [0.3, 0.4) is 0 Å². The molecular weight excluding hydrogens is 295 g/mol. The molecule has 94 valence electrons. The van der Waals surface area contributed by atoms with Crippen molar-refractivity contribution in [1.29, 1.82) is 0 Å². The zero-order valence-electron chi connectivity index (χ0n) is 10.2. The molecule has 4 heteroatoms. The molecule has 1 aromatic carbocycles. The third kappa shape index (κ3) is 2.94. The number of halogens is 2. The first kappa shape index (κ1) is 13.2. The van der Waals surface area contributed by atoms with Gasteiger partial charge >= 0.3 is 0 Å². The van der Waals surface area contributed by atoms with E-state index in [0.717, 1.165) is 21.3 Å². The standard InChI is InChI=1S/C14H14BrFN2/c1-9-5-10(7-12(16)6-9)14(17-2)13-4-3-11(15)8-18-13/h3-8,14,17H,1-2H3. The SMILES string of the molecule is CNC(c1cc(C)cc(F)c1)c1ccc(Br)cn1. The van der Waals surface area contributed by atoms with Crippen LogP contribution in [0.5, 0.6) is 0 Å². The normalized spacial score (nSPS) is 12.4. The van der Waals surface area contributed by atoms with Crippen LogP contribution in [-0.4, -0.2) is 12.0 Å². The third-order valence-electron chi connectivity index (χ3n) is 2.73. The van der Waals surface area contributed by atoms with E-state index in [1.54, 1.807) is 6.20 Å². The number of nitrogens with zero attached hydrogens (tertiary/aromatic N) is 1. The van der Waals surface area contributed by atoms with Gasteiger partial charge in [-0.1, -0.05) is 6.07 Å². The molecule has 2 nitrogen and oxygen atoms in total. The molecule has 18 heavy (non-hydrogen) atoms. The van der Waals surface area contributed by atoms with Gasteiger partial charge in [-0.15, -0.1) is 0 Å². The lowest BCUT2D eigenvalue weighted by Gasteiger charge is -2.17. The van der Waals surface area contributed by atoms with Gasteiger partial charge in [0.1, 0.15) is 5.82 Å². The van der Waals surface area contributed by atoms with E-state index in [-0.39, 0.29) is 11.9 Å². The molecule has 0 spiro atoms. The summed E-state index contributed by atoms with van der Waals surface area (Å²) < 4.78 is 14.4. The minimum Gasteiger partial charge on any atom is -0.308 e. The summed E-state index contributed by atoms with van der Waals surface area (Å²) in [5.74, 6) is -0.220. The van der Waals surface area contributed by atoms with E-state index >= 15 is 0 Å². The summed E-state index contributed by atoms with van der Waals surface area (Å²) in [7, 11) is 1.84. The van der Waals surface area contributed by atoms with E-state index < -0.39 is 0 Å². The fourth-order valence-electron chi connectivity index (χ4n) is 1.97. The Morgan fingerprint density at radius 1 is 1.28 bits per heavy atom. The van der Waals surface area contributed by atoms with Gasteiger partial charge in [0.2, 0.25) is 0 Å². The average Bonchev–Trinajstić information content (AvgIpc) is 2.31. The van der Waals surface area contributed by atoms with Gasteiger partial charge in [0.05, 0.1) is 11.7 Å². The van der Waals surface area contributed by atoms with Crippen LogP contribution >= 0.6 is 15.9 Å². The molecule has 0 bridgehead atoms. The maximum Gasteiger partial charge on any atom is 0.123 e. The smallest absolute Gasteiger partial charge is 0.123 e. The van der Waals surface area contributed by atoms with Gasteiger partial charge in [0.25, 0.3) is 0 Å². The van der Waals surface area contributed by atoms with Crippen LogP contribution in [-0.2, 0) is 0 Å². The second-order valence-electron chi connectivity index (χ2n) is 4.18. The van der Waals surface area contributed by atoms with Crippen molar-refractivity contribution >= 4 is 15.9 Å². The summed E-state index contributed by atoms with van der Waals surface area (Å²) in [5, 5.41) is 3.16. The van der Waals surface area contributed by atoms with Crippen molar-refractivity contribution in [1.82, 2.24) is 10.3 Å². The van der Waals surface area contributed by atoms with Gasteiger partial charge in [0.15, 0.2) is 0 Å². The number of nitrogens with one attached hydrogen (secondary N) is 1. The molecule has 0 fully saturated rings. The molecule has 1 atom stereocenters. The predicted molar refractivity (Wildman–Crippen MR) is 74.0 cm³/mol. The van der Waals surface area contributed by atoms with E-state index in [2.05, 4.69) is 26.2 Å². The molecule has 0 aliphatic carbocycles. The van der Waals surface area contributed by atoms with Crippen molar-refractivity contribution < 1.29 is 4.39 Å². The van der Waals surface area contributed by atoms with E-state index in [1.165, 1.54) is 12.1 Å². The van der Waals surface area contributed by atoms with Gasteiger partial charge in [-0.3, -0.25) is 4.98 Å². The third-order valence-corrected chi connectivity index (χ3v) is 3.20. The van der Waals surface area contributed by atoms with E-state index in [1.807, 2.05) is 32.2 Å². The van der Waals surface area contributed by atoms with Gasteiger partial charge < -0.3 is 5.32 Å². The number of aryl methyl sites for hydroxylation is 1. The number of aromatic nitrogens is 1. The van der Waals surface area contributed by atoms with Gasteiger partial charge in [-0.25, -0.2) is 4.39 Å². The highest BCUT2D eigenvalue weighted by Crippen LogP contribution is 2.23. The minimum atomic E-state index is -0.220. The number of benzene rings is 1. The van der Waals surface area contributed by atoms with E-state index in [4.69, 9.17) is 0 Å². The summed E-state index contributed by atoms with van der Waals surface area (Å²) >= 11 is 3.35. The highest BCUT2D eigenvalue weighted by atomic mass is 79.9. The van der Waals surface area contributed by atoms with Crippen LogP contribution in [0.15, 0.2) is 41.0 Å². The van der Waals surface area contributed by atoms with Crippen LogP contribution in [0.25, 0.3) is 0 Å². The lowest BCUT2D eigenvalue weighted by Crippen LogP contribution is -2.19. The Bertz CT molecular complexity index is 520. The highest BCUT2D eigenvalue weighted by molar-refractivity contribution is 9.10. The Hall–Kier alpha value is -1.26. The zero-order chi connectivity index (χ0) is 13.1. The maximum absolute atomic E-state index is 13.4. The maximum atomic E-state index is 13.4. The summed E-state index contributed by atoms with van der Waals surface area (Å²) in [4.78, 5) is 4.35. The Balaban J connectivity index is 2.41. The average molecular weight is 309 g/mol. The molecule has 0 aliphatic rings. The second kappa shape index (κ2) is 5.59. The monoisotopic (exact) mass is 308 g/mol. The number of pyridine rings is 1. The van der Waals surface area contributed by atoms with Crippen molar-refractivity contribution in [3.8, 4) is 0 Å². The molecule has 2 aromatic rings. The van der Waals surface area contributed by atoms with Crippen LogP contribution in [0.2, 0.25) is 0 Å².